The molecule has 0 radical (unpaired) electrons. The predicted molar refractivity (Wildman–Crippen MR) is 68.4 cm³/mol. The molecule has 0 spiro atoms. The summed E-state index contributed by atoms with van der Waals surface area (Å²) in [4.78, 5) is 9.91. The molecule has 2 aromatic carbocycles. The number of halogens is 3. The molecule has 8 heteroatoms. The van der Waals surface area contributed by atoms with Crippen LogP contribution in [0, 0.1) is 27.6 Å². The van der Waals surface area contributed by atoms with E-state index in [9.17, 15) is 28.4 Å². The molecule has 0 atom stereocenters. The summed E-state index contributed by atoms with van der Waals surface area (Å²) in [5, 5.41) is 22.3. The van der Waals surface area contributed by atoms with Gasteiger partial charge in [0.05, 0.1) is 4.92 Å². The maximum Gasteiger partial charge on any atom is 0.295 e. The third kappa shape index (κ3) is 3.22. The maximum atomic E-state index is 13.6. The number of nitrogens with one attached hydrogen (secondary N) is 1. The van der Waals surface area contributed by atoms with Crippen molar-refractivity contribution in [2.75, 3.05) is 5.32 Å². The minimum atomic E-state index is -1.40. The lowest BCUT2D eigenvalue weighted by molar-refractivity contribution is -0.384. The summed E-state index contributed by atoms with van der Waals surface area (Å²) in [5.41, 5.74) is -1.07. The van der Waals surface area contributed by atoms with Crippen molar-refractivity contribution < 1.29 is 23.2 Å². The van der Waals surface area contributed by atoms with Crippen LogP contribution in [-0.4, -0.2) is 10.0 Å². The molecule has 0 aliphatic rings. The molecule has 0 bridgehead atoms. The molecule has 0 aliphatic carbocycles. The first-order valence-electron chi connectivity index (χ1n) is 5.73. The first-order valence-corrected chi connectivity index (χ1v) is 5.73. The van der Waals surface area contributed by atoms with Gasteiger partial charge in [0.1, 0.15) is 11.6 Å². The quantitative estimate of drug-likeness (QED) is 0.670. The first kappa shape index (κ1) is 14.6. The second kappa shape index (κ2) is 5.70. The summed E-state index contributed by atoms with van der Waals surface area (Å²) in [6.45, 7) is -0.230. The number of phenols is 1. The van der Waals surface area contributed by atoms with Crippen molar-refractivity contribution >= 4 is 11.4 Å². The number of hydrogen-bond donors (Lipinski definition) is 2. The van der Waals surface area contributed by atoms with Crippen LogP contribution in [0.25, 0.3) is 0 Å². The summed E-state index contributed by atoms with van der Waals surface area (Å²) in [7, 11) is 0. The largest absolute Gasteiger partial charge is 0.508 e. The number of anilines is 1. The Bertz CT molecular complexity index is 687. The Balaban J connectivity index is 2.31. The summed E-state index contributed by atoms with van der Waals surface area (Å²) in [6.07, 6.45) is 0. The Hall–Kier alpha value is -2.77. The highest BCUT2D eigenvalue weighted by Gasteiger charge is 2.21. The molecule has 0 amide bonds. The molecule has 0 saturated heterocycles. The van der Waals surface area contributed by atoms with E-state index >= 15 is 0 Å². The van der Waals surface area contributed by atoms with Crippen molar-refractivity contribution in [2.24, 2.45) is 0 Å². The number of rotatable bonds is 4. The zero-order valence-electron chi connectivity index (χ0n) is 10.4. The molecule has 0 saturated carbocycles. The zero-order valence-corrected chi connectivity index (χ0v) is 10.4. The second-order valence-electron chi connectivity index (χ2n) is 4.18. The van der Waals surface area contributed by atoms with Gasteiger partial charge in [-0.05, 0) is 23.8 Å². The van der Waals surface area contributed by atoms with Gasteiger partial charge in [0.25, 0.3) is 5.69 Å². The van der Waals surface area contributed by atoms with Crippen molar-refractivity contribution in [1.82, 2.24) is 0 Å². The summed E-state index contributed by atoms with van der Waals surface area (Å²) in [5.74, 6) is -3.71. The SMILES string of the molecule is O=[N+]([O-])c1ccc(F)c(F)c1NCc1cc(O)cc(F)c1. The highest BCUT2D eigenvalue weighted by atomic mass is 19.2. The Morgan fingerprint density at radius 1 is 1.19 bits per heavy atom. The minimum absolute atomic E-state index is 0.213. The van der Waals surface area contributed by atoms with Gasteiger partial charge in [-0.1, -0.05) is 0 Å². The predicted octanol–water partition coefficient (Wildman–Crippen LogP) is 3.33. The summed E-state index contributed by atoms with van der Waals surface area (Å²) < 4.78 is 39.8. The first-order chi connectivity index (χ1) is 9.88. The van der Waals surface area contributed by atoms with Gasteiger partial charge in [-0.15, -0.1) is 0 Å². The minimum Gasteiger partial charge on any atom is -0.508 e. The topological polar surface area (TPSA) is 75.4 Å². The third-order valence-corrected chi connectivity index (χ3v) is 2.68. The van der Waals surface area contributed by atoms with Crippen molar-refractivity contribution in [1.29, 1.82) is 0 Å². The molecule has 2 rings (SSSR count). The van der Waals surface area contributed by atoms with Crippen molar-refractivity contribution in [3.63, 3.8) is 0 Å². The maximum absolute atomic E-state index is 13.6. The highest BCUT2D eigenvalue weighted by Crippen LogP contribution is 2.29. The molecule has 2 N–H and O–H groups in total. The molecule has 0 aliphatic heterocycles. The zero-order chi connectivity index (χ0) is 15.6. The van der Waals surface area contributed by atoms with Crippen LogP contribution in [0.5, 0.6) is 5.75 Å². The van der Waals surface area contributed by atoms with Crippen LogP contribution in [0.3, 0.4) is 0 Å². The second-order valence-corrected chi connectivity index (χ2v) is 4.18. The van der Waals surface area contributed by atoms with Crippen LogP contribution in [-0.2, 0) is 6.54 Å². The number of nitro benzene ring substituents is 1. The Labute approximate surface area is 116 Å². The van der Waals surface area contributed by atoms with E-state index in [0.717, 1.165) is 18.2 Å². The van der Waals surface area contributed by atoms with E-state index in [1.165, 1.54) is 6.07 Å². The number of aromatic hydroxyl groups is 1. The van der Waals surface area contributed by atoms with Gasteiger partial charge in [0, 0.05) is 18.7 Å². The molecule has 110 valence electrons. The Morgan fingerprint density at radius 2 is 1.90 bits per heavy atom. The van der Waals surface area contributed by atoms with E-state index in [1.54, 1.807) is 0 Å². The lowest BCUT2D eigenvalue weighted by Gasteiger charge is -2.09. The fourth-order valence-electron chi connectivity index (χ4n) is 1.79. The third-order valence-electron chi connectivity index (χ3n) is 2.68. The van der Waals surface area contributed by atoms with E-state index < -0.39 is 33.7 Å². The van der Waals surface area contributed by atoms with Gasteiger partial charge in [0.2, 0.25) is 0 Å². The lowest BCUT2D eigenvalue weighted by atomic mass is 10.2. The number of benzene rings is 2. The van der Waals surface area contributed by atoms with Gasteiger partial charge in [-0.25, -0.2) is 13.2 Å². The van der Waals surface area contributed by atoms with Crippen molar-refractivity contribution in [3.05, 3.63) is 63.5 Å². The van der Waals surface area contributed by atoms with E-state index in [-0.39, 0.29) is 17.9 Å². The van der Waals surface area contributed by atoms with Gasteiger partial charge in [-0.2, -0.15) is 0 Å². The molecule has 0 fully saturated rings. The summed E-state index contributed by atoms with van der Waals surface area (Å²) in [6, 6.07) is 4.58. The standard InChI is InChI=1S/C13H9F3N2O3/c14-8-3-7(4-9(19)5-8)6-17-13-11(18(20)21)2-1-10(15)12(13)16/h1-5,17,19H,6H2. The molecule has 2 aromatic rings. The molecule has 21 heavy (non-hydrogen) atoms. The van der Waals surface area contributed by atoms with Gasteiger partial charge < -0.3 is 10.4 Å². The van der Waals surface area contributed by atoms with Gasteiger partial charge >= 0.3 is 0 Å². The summed E-state index contributed by atoms with van der Waals surface area (Å²) >= 11 is 0. The lowest BCUT2D eigenvalue weighted by Crippen LogP contribution is -2.06. The molecule has 5 nitrogen and oxygen atoms in total. The van der Waals surface area contributed by atoms with E-state index in [2.05, 4.69) is 5.32 Å². The number of nitrogens with zero attached hydrogens (tertiary/aromatic N) is 1. The van der Waals surface area contributed by atoms with E-state index in [1.807, 2.05) is 0 Å². The van der Waals surface area contributed by atoms with Crippen LogP contribution >= 0.6 is 0 Å². The average molecular weight is 298 g/mol. The molecule has 0 heterocycles. The van der Waals surface area contributed by atoms with Crippen LogP contribution in [0.1, 0.15) is 5.56 Å². The fraction of sp³-hybridized carbons (Fsp3) is 0.0769. The van der Waals surface area contributed by atoms with Crippen LogP contribution < -0.4 is 5.32 Å². The van der Waals surface area contributed by atoms with Crippen molar-refractivity contribution in [3.8, 4) is 5.75 Å². The smallest absolute Gasteiger partial charge is 0.295 e. The van der Waals surface area contributed by atoms with Crippen molar-refractivity contribution in [2.45, 2.75) is 6.54 Å². The van der Waals surface area contributed by atoms with Crippen LogP contribution in [0.15, 0.2) is 30.3 Å². The van der Waals surface area contributed by atoms with E-state index in [4.69, 9.17) is 0 Å². The Kier molecular flexibility index (Phi) is 3.97. The fourth-order valence-corrected chi connectivity index (χ4v) is 1.79. The number of phenolic OH excluding ortho intramolecular Hbond substituents is 1. The normalized spacial score (nSPS) is 10.4. The molecular weight excluding hydrogens is 289 g/mol. The van der Waals surface area contributed by atoms with Gasteiger partial charge in [0.15, 0.2) is 17.3 Å². The average Bonchev–Trinajstić information content (AvgIpc) is 2.39. The molecular formula is C13H9F3N2O3. The molecule has 0 unspecified atom stereocenters. The monoisotopic (exact) mass is 298 g/mol. The van der Waals surface area contributed by atoms with Crippen LogP contribution in [0.2, 0.25) is 0 Å². The number of hydrogen-bond acceptors (Lipinski definition) is 4. The molecule has 0 aromatic heterocycles. The highest BCUT2D eigenvalue weighted by molar-refractivity contribution is 5.62. The van der Waals surface area contributed by atoms with E-state index in [0.29, 0.717) is 6.07 Å². The number of nitro groups is 1. The van der Waals surface area contributed by atoms with Crippen LogP contribution in [0.4, 0.5) is 24.5 Å². The Morgan fingerprint density at radius 3 is 2.52 bits per heavy atom. The van der Waals surface area contributed by atoms with Gasteiger partial charge in [-0.3, -0.25) is 10.1 Å².